The number of hydrogen-bond acceptors (Lipinski definition) is 3. The molecule has 1 aromatic heterocycles. The van der Waals surface area contributed by atoms with Gasteiger partial charge in [0.1, 0.15) is 5.82 Å². The molecule has 4 nitrogen and oxygen atoms in total. The summed E-state index contributed by atoms with van der Waals surface area (Å²) in [4.78, 5) is 18.8. The largest absolute Gasteiger partial charge is 0.289 e. The lowest BCUT2D eigenvalue weighted by molar-refractivity contribution is 0.566. The molecule has 0 saturated heterocycles. The molecule has 4 rings (SSSR count). The van der Waals surface area contributed by atoms with Gasteiger partial charge in [0.05, 0.1) is 23.4 Å². The van der Waals surface area contributed by atoms with Crippen molar-refractivity contribution in [1.29, 1.82) is 5.26 Å². The maximum absolute atomic E-state index is 13.9. The Hall–Kier alpha value is -3.97. The van der Waals surface area contributed by atoms with Gasteiger partial charge in [0.25, 0.3) is 5.56 Å². The van der Waals surface area contributed by atoms with E-state index in [-0.39, 0.29) is 11.6 Å². The van der Waals surface area contributed by atoms with Crippen molar-refractivity contribution in [3.63, 3.8) is 0 Å². The van der Waals surface area contributed by atoms with Crippen LogP contribution >= 0.6 is 0 Å². The van der Waals surface area contributed by atoms with Gasteiger partial charge in [-0.15, -0.1) is 0 Å². The zero-order valence-electron chi connectivity index (χ0n) is 20.7. The van der Waals surface area contributed by atoms with Gasteiger partial charge in [0, 0.05) is 12.0 Å². The van der Waals surface area contributed by atoms with E-state index >= 15 is 0 Å². The topological polar surface area (TPSA) is 58.7 Å². The maximum Gasteiger partial charge on any atom is 0.257 e. The molecule has 0 N–H and O–H groups in total. The Morgan fingerprint density at radius 1 is 0.971 bits per heavy atom. The molecule has 0 amide bonds. The van der Waals surface area contributed by atoms with Crippen LogP contribution in [0.4, 0.5) is 0 Å². The standard InChI is InChI=1S/C31H31N3O/c1-4-5-15-30-29(31(35)34(23(3)33-30)22(2)25-11-7-6-8-12-25)20-24-16-18-26(19-17-24)28-14-10-9-13-27(28)21-32/h6-14,16-19,22H,4-5,15,20H2,1-3H3. The van der Waals surface area contributed by atoms with Gasteiger partial charge in [0.15, 0.2) is 0 Å². The van der Waals surface area contributed by atoms with E-state index in [1.807, 2.05) is 66.1 Å². The van der Waals surface area contributed by atoms with Crippen LogP contribution in [0.5, 0.6) is 0 Å². The third kappa shape index (κ3) is 5.25. The highest BCUT2D eigenvalue weighted by Gasteiger charge is 2.19. The average molecular weight is 462 g/mol. The summed E-state index contributed by atoms with van der Waals surface area (Å²) in [5.74, 6) is 0.754. The summed E-state index contributed by atoms with van der Waals surface area (Å²) in [7, 11) is 0. The lowest BCUT2D eigenvalue weighted by Gasteiger charge is -2.21. The van der Waals surface area contributed by atoms with Gasteiger partial charge in [-0.2, -0.15) is 5.26 Å². The zero-order valence-corrected chi connectivity index (χ0v) is 20.7. The molecule has 4 heteroatoms. The monoisotopic (exact) mass is 461 g/mol. The second-order valence-corrected chi connectivity index (χ2v) is 8.98. The van der Waals surface area contributed by atoms with E-state index in [4.69, 9.17) is 4.98 Å². The number of nitriles is 1. The zero-order chi connectivity index (χ0) is 24.8. The average Bonchev–Trinajstić information content (AvgIpc) is 2.90. The molecule has 0 saturated carbocycles. The summed E-state index contributed by atoms with van der Waals surface area (Å²) in [6, 6.07) is 28.1. The van der Waals surface area contributed by atoms with E-state index in [0.29, 0.717) is 12.0 Å². The van der Waals surface area contributed by atoms with Crippen LogP contribution in [0, 0.1) is 18.3 Å². The molecule has 0 aliphatic heterocycles. The van der Waals surface area contributed by atoms with Gasteiger partial charge in [-0.05, 0) is 55.0 Å². The number of aromatic nitrogens is 2. The summed E-state index contributed by atoms with van der Waals surface area (Å²) in [6.07, 6.45) is 3.39. The molecule has 1 unspecified atom stereocenters. The summed E-state index contributed by atoms with van der Waals surface area (Å²) in [5.41, 5.74) is 6.44. The lowest BCUT2D eigenvalue weighted by atomic mass is 9.96. The van der Waals surface area contributed by atoms with Crippen molar-refractivity contribution >= 4 is 0 Å². The molecule has 0 aliphatic rings. The van der Waals surface area contributed by atoms with E-state index in [0.717, 1.165) is 58.6 Å². The van der Waals surface area contributed by atoms with Crippen molar-refractivity contribution in [3.8, 4) is 17.2 Å². The van der Waals surface area contributed by atoms with Gasteiger partial charge in [0.2, 0.25) is 0 Å². The van der Waals surface area contributed by atoms with Crippen molar-refractivity contribution in [2.75, 3.05) is 0 Å². The molecule has 0 fully saturated rings. The Balaban J connectivity index is 1.72. The van der Waals surface area contributed by atoms with Crippen LogP contribution < -0.4 is 5.56 Å². The SMILES string of the molecule is CCCCc1nc(C)n(C(C)c2ccccc2)c(=O)c1Cc1ccc(-c2ccccc2C#N)cc1. The van der Waals surface area contributed by atoms with Crippen LogP contribution in [0.15, 0.2) is 83.7 Å². The number of hydrogen-bond donors (Lipinski definition) is 0. The van der Waals surface area contributed by atoms with E-state index in [1.165, 1.54) is 0 Å². The van der Waals surface area contributed by atoms with Crippen LogP contribution in [0.1, 0.15) is 66.5 Å². The normalized spacial score (nSPS) is 11.7. The number of aryl methyl sites for hydroxylation is 2. The minimum Gasteiger partial charge on any atom is -0.289 e. The maximum atomic E-state index is 13.9. The van der Waals surface area contributed by atoms with Gasteiger partial charge < -0.3 is 0 Å². The van der Waals surface area contributed by atoms with Crippen molar-refractivity contribution in [1.82, 2.24) is 9.55 Å². The minimum atomic E-state index is -0.0972. The Kier molecular flexibility index (Phi) is 7.57. The van der Waals surface area contributed by atoms with Crippen molar-refractivity contribution in [2.45, 2.75) is 52.5 Å². The number of unbranched alkanes of at least 4 members (excludes halogenated alkanes) is 1. The first-order valence-electron chi connectivity index (χ1n) is 12.3. The lowest BCUT2D eigenvalue weighted by Crippen LogP contribution is -2.32. The van der Waals surface area contributed by atoms with Crippen LogP contribution in [0.2, 0.25) is 0 Å². The van der Waals surface area contributed by atoms with Crippen LogP contribution in [-0.2, 0) is 12.8 Å². The number of nitrogens with zero attached hydrogens (tertiary/aromatic N) is 3. The molecule has 1 atom stereocenters. The number of rotatable bonds is 8. The highest BCUT2D eigenvalue weighted by molar-refractivity contribution is 5.70. The molecule has 0 bridgehead atoms. The molecule has 3 aromatic carbocycles. The number of benzene rings is 3. The van der Waals surface area contributed by atoms with Crippen LogP contribution in [-0.4, -0.2) is 9.55 Å². The summed E-state index contributed by atoms with van der Waals surface area (Å²) >= 11 is 0. The molecule has 176 valence electrons. The first-order chi connectivity index (χ1) is 17.0. The van der Waals surface area contributed by atoms with Crippen molar-refractivity contribution in [3.05, 3.63) is 123 Å². The second kappa shape index (κ2) is 11.0. The Labute approximate surface area is 207 Å². The highest BCUT2D eigenvalue weighted by atomic mass is 16.1. The predicted molar refractivity (Wildman–Crippen MR) is 141 cm³/mol. The molecular weight excluding hydrogens is 430 g/mol. The molecule has 0 radical (unpaired) electrons. The smallest absolute Gasteiger partial charge is 0.257 e. The van der Waals surface area contributed by atoms with Gasteiger partial charge in [-0.1, -0.05) is 86.1 Å². The first-order valence-corrected chi connectivity index (χ1v) is 12.3. The van der Waals surface area contributed by atoms with Gasteiger partial charge in [-0.3, -0.25) is 9.36 Å². The predicted octanol–water partition coefficient (Wildman–Crippen LogP) is 6.63. The molecular formula is C31H31N3O. The summed E-state index contributed by atoms with van der Waals surface area (Å²) in [5, 5.41) is 9.44. The first kappa shape index (κ1) is 24.2. The van der Waals surface area contributed by atoms with Crippen molar-refractivity contribution in [2.24, 2.45) is 0 Å². The highest BCUT2D eigenvalue weighted by Crippen LogP contribution is 2.25. The summed E-state index contributed by atoms with van der Waals surface area (Å²) < 4.78 is 1.83. The van der Waals surface area contributed by atoms with Crippen LogP contribution in [0.25, 0.3) is 11.1 Å². The van der Waals surface area contributed by atoms with E-state index < -0.39 is 0 Å². The second-order valence-electron chi connectivity index (χ2n) is 8.98. The van der Waals surface area contributed by atoms with Crippen LogP contribution in [0.3, 0.4) is 0 Å². The van der Waals surface area contributed by atoms with Gasteiger partial charge in [-0.25, -0.2) is 4.98 Å². The van der Waals surface area contributed by atoms with Gasteiger partial charge >= 0.3 is 0 Å². The van der Waals surface area contributed by atoms with E-state index in [1.54, 1.807) is 0 Å². The Morgan fingerprint density at radius 3 is 2.34 bits per heavy atom. The third-order valence-electron chi connectivity index (χ3n) is 6.60. The molecule has 0 spiro atoms. The fourth-order valence-electron chi connectivity index (χ4n) is 4.64. The quantitative estimate of drug-likeness (QED) is 0.296. The summed E-state index contributed by atoms with van der Waals surface area (Å²) in [6.45, 7) is 6.15. The third-order valence-corrected chi connectivity index (χ3v) is 6.60. The molecule has 4 aromatic rings. The Morgan fingerprint density at radius 2 is 1.66 bits per heavy atom. The molecule has 35 heavy (non-hydrogen) atoms. The molecule has 0 aliphatic carbocycles. The van der Waals surface area contributed by atoms with Crippen molar-refractivity contribution < 1.29 is 0 Å². The molecule has 1 heterocycles. The van der Waals surface area contributed by atoms with E-state index in [9.17, 15) is 10.1 Å². The fraction of sp³-hybridized carbons (Fsp3) is 0.258. The van der Waals surface area contributed by atoms with E-state index in [2.05, 4.69) is 44.2 Å². The Bertz CT molecular complexity index is 1400. The fourth-order valence-corrected chi connectivity index (χ4v) is 4.64. The minimum absolute atomic E-state index is 0.0406.